The Balaban J connectivity index is 0.000000291. The summed E-state index contributed by atoms with van der Waals surface area (Å²) in [5.41, 5.74) is 0. The Morgan fingerprint density at radius 3 is 1.76 bits per heavy atom. The van der Waals surface area contributed by atoms with Crippen LogP contribution in [0.1, 0.15) is 0 Å². The highest BCUT2D eigenvalue weighted by atomic mass is 79.9. The Morgan fingerprint density at radius 2 is 1.38 bits per heavy atom. The van der Waals surface area contributed by atoms with Crippen molar-refractivity contribution in [1.82, 2.24) is 30.2 Å². The highest BCUT2D eigenvalue weighted by Gasteiger charge is 2.26. The lowest BCUT2D eigenvalue weighted by atomic mass is 10.1. The van der Waals surface area contributed by atoms with E-state index in [1.54, 1.807) is 0 Å². The number of nitrogens with zero attached hydrogens (tertiary/aromatic N) is 5. The summed E-state index contributed by atoms with van der Waals surface area (Å²) in [6, 6.07) is 0.637. The van der Waals surface area contributed by atoms with Gasteiger partial charge in [-0.25, -0.2) is 14.4 Å². The zero-order chi connectivity index (χ0) is 24.2. The first kappa shape index (κ1) is 31.5. The molecule has 2 aromatic heterocycles. The summed E-state index contributed by atoms with van der Waals surface area (Å²) < 4.78 is 22.7. The summed E-state index contributed by atoms with van der Waals surface area (Å²) in [7, 11) is 0. The van der Waals surface area contributed by atoms with E-state index in [0.29, 0.717) is 39.6 Å². The molecule has 192 valence electrons. The van der Waals surface area contributed by atoms with Gasteiger partial charge in [0.1, 0.15) is 28.4 Å². The molecule has 0 unspecified atom stereocenters. The van der Waals surface area contributed by atoms with Crippen molar-refractivity contribution in [1.29, 1.82) is 0 Å². The van der Waals surface area contributed by atoms with E-state index in [0.717, 1.165) is 26.2 Å². The van der Waals surface area contributed by atoms with Crippen molar-refractivity contribution in [2.45, 2.75) is 12.1 Å². The fraction of sp³-hybridized carbons (Fsp3) is 0.556. The zero-order valence-electron chi connectivity index (χ0n) is 17.8. The van der Waals surface area contributed by atoms with Crippen LogP contribution in [0.4, 0.5) is 20.4 Å². The van der Waals surface area contributed by atoms with Crippen LogP contribution in [0, 0.1) is 0 Å². The molecule has 16 heteroatoms. The quantitative estimate of drug-likeness (QED) is 0.292. The van der Waals surface area contributed by atoms with Gasteiger partial charge in [-0.05, 0) is 23.2 Å². The molecule has 0 spiro atoms. The van der Waals surface area contributed by atoms with Gasteiger partial charge in [0.15, 0.2) is 0 Å². The Kier molecular flexibility index (Phi) is 15.8. The predicted octanol–water partition coefficient (Wildman–Crippen LogP) is 4.79. The van der Waals surface area contributed by atoms with Crippen molar-refractivity contribution in [2.75, 3.05) is 62.0 Å². The minimum absolute atomic E-state index is 0. The lowest BCUT2D eigenvalue weighted by molar-refractivity contribution is 0.149. The first-order chi connectivity index (χ1) is 15.9. The van der Waals surface area contributed by atoms with Crippen molar-refractivity contribution in [3.8, 4) is 0 Å². The van der Waals surface area contributed by atoms with Crippen LogP contribution in [0.25, 0.3) is 0 Å². The van der Waals surface area contributed by atoms with Crippen LogP contribution < -0.4 is 16.0 Å². The lowest BCUT2D eigenvalue weighted by Crippen LogP contribution is -2.55. The molecule has 0 aromatic carbocycles. The number of rotatable bonds is 7. The largest absolute Gasteiger partial charge is 0.363 e. The maximum absolute atomic E-state index is 12.0. The van der Waals surface area contributed by atoms with Crippen LogP contribution in [0.5, 0.6) is 0 Å². The van der Waals surface area contributed by atoms with E-state index in [2.05, 4.69) is 51.8 Å². The van der Waals surface area contributed by atoms with Gasteiger partial charge in [-0.2, -0.15) is 9.97 Å². The molecule has 2 aliphatic rings. The van der Waals surface area contributed by atoms with Crippen molar-refractivity contribution in [2.24, 2.45) is 0 Å². The number of likely N-dealkylation sites (tertiary alicyclic amines) is 1. The molecule has 3 N–H and O–H groups in total. The first-order valence-electron chi connectivity index (χ1n) is 9.86. The molecule has 2 aliphatic heterocycles. The molecule has 4 heterocycles. The second-order valence-electron chi connectivity index (χ2n) is 6.84. The predicted molar refractivity (Wildman–Crippen MR) is 141 cm³/mol. The van der Waals surface area contributed by atoms with Gasteiger partial charge < -0.3 is 16.0 Å². The summed E-state index contributed by atoms with van der Waals surface area (Å²) >= 11 is 25.9. The van der Waals surface area contributed by atoms with Gasteiger partial charge in [-0.1, -0.05) is 39.1 Å². The maximum Gasteiger partial charge on any atom is 0.224 e. The van der Waals surface area contributed by atoms with Gasteiger partial charge >= 0.3 is 0 Å². The number of nitrogens with one attached hydrogen (secondary N) is 3. The maximum atomic E-state index is 12.0. The van der Waals surface area contributed by atoms with E-state index in [1.165, 1.54) is 12.4 Å². The van der Waals surface area contributed by atoms with Crippen LogP contribution in [0.3, 0.4) is 0 Å². The minimum atomic E-state index is -0.313. The van der Waals surface area contributed by atoms with Crippen molar-refractivity contribution < 1.29 is 8.78 Å². The Morgan fingerprint density at radius 1 is 0.912 bits per heavy atom. The Hall–Kier alpha value is -0.530. The lowest BCUT2D eigenvalue weighted by Gasteiger charge is -2.39. The molecule has 0 amide bonds. The molecule has 0 radical (unpaired) electrons. The van der Waals surface area contributed by atoms with Gasteiger partial charge in [0.05, 0.1) is 31.2 Å². The number of halogens is 8. The zero-order valence-corrected chi connectivity index (χ0v) is 23.2. The van der Waals surface area contributed by atoms with Crippen LogP contribution in [0.2, 0.25) is 20.6 Å². The van der Waals surface area contributed by atoms with E-state index in [1.807, 2.05) is 4.90 Å². The van der Waals surface area contributed by atoms with E-state index < -0.39 is 0 Å². The summed E-state index contributed by atoms with van der Waals surface area (Å²) in [4.78, 5) is 17.5. The van der Waals surface area contributed by atoms with Gasteiger partial charge in [0.25, 0.3) is 0 Å². The normalized spacial score (nSPS) is 15.4. The summed E-state index contributed by atoms with van der Waals surface area (Å²) in [5, 5.41) is 11.2. The molecule has 0 aliphatic carbocycles. The average Bonchev–Trinajstić information content (AvgIpc) is 2.74. The number of hydrogen-bond donors (Lipinski definition) is 3. The van der Waals surface area contributed by atoms with Crippen molar-refractivity contribution in [3.05, 3.63) is 33.0 Å². The van der Waals surface area contributed by atoms with Crippen LogP contribution in [-0.4, -0.2) is 88.3 Å². The molecule has 2 saturated heterocycles. The number of aromatic nitrogens is 4. The Labute approximate surface area is 231 Å². The monoisotopic (exact) mass is 644 g/mol. The molecule has 0 bridgehead atoms. The van der Waals surface area contributed by atoms with Crippen LogP contribution in [-0.2, 0) is 0 Å². The number of hydrogen-bond acceptors (Lipinski definition) is 8. The van der Waals surface area contributed by atoms with Crippen LogP contribution in [0.15, 0.2) is 12.4 Å². The summed E-state index contributed by atoms with van der Waals surface area (Å²) in [6.07, 6.45) is 2.95. The second-order valence-corrected chi connectivity index (χ2v) is 9.12. The van der Waals surface area contributed by atoms with Gasteiger partial charge in [0, 0.05) is 38.1 Å². The molecule has 8 nitrogen and oxygen atoms in total. The minimum Gasteiger partial charge on any atom is -0.363 e. The molecular formula is C18H24BrCl5F2N8. The smallest absolute Gasteiger partial charge is 0.224 e. The second kappa shape index (κ2) is 17.0. The van der Waals surface area contributed by atoms with Crippen molar-refractivity contribution >= 4 is 86.4 Å². The van der Waals surface area contributed by atoms with Gasteiger partial charge in [0.2, 0.25) is 10.6 Å². The first-order valence-corrected chi connectivity index (χ1v) is 12.5. The highest BCUT2D eigenvalue weighted by Crippen LogP contribution is 2.22. The fourth-order valence-corrected chi connectivity index (χ4v) is 3.19. The van der Waals surface area contributed by atoms with Gasteiger partial charge in [-0.15, -0.1) is 12.4 Å². The highest BCUT2D eigenvalue weighted by molar-refractivity contribution is 9.09. The molecule has 0 atom stereocenters. The average molecular weight is 648 g/mol. The third-order valence-electron chi connectivity index (χ3n) is 4.32. The van der Waals surface area contributed by atoms with E-state index in [4.69, 9.17) is 46.4 Å². The molecule has 4 rings (SSSR count). The van der Waals surface area contributed by atoms with Crippen LogP contribution >= 0.6 is 74.7 Å². The molecule has 34 heavy (non-hydrogen) atoms. The Bertz CT molecular complexity index is 863. The fourth-order valence-electron chi connectivity index (χ4n) is 2.63. The molecule has 2 aromatic rings. The summed E-state index contributed by atoms with van der Waals surface area (Å²) in [5.74, 6) is 1.14. The van der Waals surface area contributed by atoms with E-state index in [9.17, 15) is 8.78 Å². The number of anilines is 2. The summed E-state index contributed by atoms with van der Waals surface area (Å²) in [6.45, 7) is 3.35. The van der Waals surface area contributed by atoms with Crippen molar-refractivity contribution in [3.63, 3.8) is 0 Å². The molecule has 2 fully saturated rings. The number of alkyl halides is 3. The topological polar surface area (TPSA) is 90.9 Å². The third kappa shape index (κ3) is 11.0. The SMILES string of the molecule is Cl.Clc1ncc(Cl)c(NC2CNC2)n1.FCCBr.FCCN1CC(Nc2nc(Cl)ncc2Cl)C1. The van der Waals surface area contributed by atoms with Gasteiger partial charge in [-0.3, -0.25) is 9.29 Å². The van der Waals surface area contributed by atoms with E-state index >= 15 is 0 Å². The van der Waals surface area contributed by atoms with E-state index in [-0.39, 0.29) is 42.4 Å². The molecular weight excluding hydrogens is 623 g/mol. The third-order valence-corrected chi connectivity index (χ3v) is 5.54. The molecule has 0 saturated carbocycles. The standard InChI is InChI=1S/C9H11Cl2FN4.C7H8Cl2N4.C2H4BrF.ClH/c10-7-3-13-9(11)15-8(7)14-6-4-16(5-6)2-1-12;8-5-3-11-7(9)13-6(5)12-4-1-10-2-4;3-1-2-4;/h3,6H,1-2,4-5H2,(H,13,14,15);3-4,10H,1-2H2,(H,11,12,13);1-2H2;1H.